The monoisotopic (exact) mass is 493 g/mol. The highest BCUT2D eigenvalue weighted by atomic mass is 32.2. The third-order valence-corrected chi connectivity index (χ3v) is 5.56. The van der Waals surface area contributed by atoms with Gasteiger partial charge in [0.2, 0.25) is 5.91 Å². The normalized spacial score (nSPS) is 12.3. The molecule has 2 N–H and O–H groups in total. The van der Waals surface area contributed by atoms with Crippen molar-refractivity contribution in [3.63, 3.8) is 0 Å². The summed E-state index contributed by atoms with van der Waals surface area (Å²) in [5, 5.41) is 2.88. The number of rotatable bonds is 10. The van der Waals surface area contributed by atoms with E-state index in [1.807, 2.05) is 6.92 Å². The van der Waals surface area contributed by atoms with Crippen molar-refractivity contribution < 1.29 is 27.1 Å². The summed E-state index contributed by atoms with van der Waals surface area (Å²) in [5.74, 6) is 0.0605. The second-order valence-corrected chi connectivity index (χ2v) is 8.27. The van der Waals surface area contributed by atoms with Gasteiger partial charge in [0, 0.05) is 11.4 Å². The fraction of sp³-hybridized carbons (Fsp3) is 0.250. The van der Waals surface area contributed by atoms with Gasteiger partial charge in [-0.25, -0.2) is 14.1 Å². The summed E-state index contributed by atoms with van der Waals surface area (Å²) >= 11 is 1.26. The van der Waals surface area contributed by atoms with E-state index in [2.05, 4.69) is 15.0 Å². The first-order valence-corrected chi connectivity index (χ1v) is 11.3. The van der Waals surface area contributed by atoms with Gasteiger partial charge in [-0.05, 0) is 72.5 Å². The van der Waals surface area contributed by atoms with E-state index in [-0.39, 0.29) is 24.0 Å². The van der Waals surface area contributed by atoms with Gasteiger partial charge >= 0.3 is 6.18 Å². The van der Waals surface area contributed by atoms with E-state index in [1.54, 1.807) is 36.4 Å². The van der Waals surface area contributed by atoms with Crippen LogP contribution in [0.1, 0.15) is 31.0 Å². The number of nitrogens with one attached hydrogen (secondary N) is 2. The summed E-state index contributed by atoms with van der Waals surface area (Å²) in [7, 11) is 0. The summed E-state index contributed by atoms with van der Waals surface area (Å²) in [6, 6.07) is 14.4. The Hall–Kier alpha value is -3.11. The Kier molecular flexibility index (Phi) is 8.89. The lowest BCUT2D eigenvalue weighted by molar-refractivity contribution is -0.141. The molecular formula is C24H23F4N3O2S. The summed E-state index contributed by atoms with van der Waals surface area (Å²) in [5.41, 5.74) is -0.240. The van der Waals surface area contributed by atoms with Gasteiger partial charge in [-0.2, -0.15) is 13.2 Å². The smallest absolute Gasteiger partial charge is 0.433 e. The minimum atomic E-state index is -4.52. The number of alkyl halides is 3. The molecule has 0 radical (unpaired) electrons. The maximum absolute atomic E-state index is 13.1. The van der Waals surface area contributed by atoms with Crippen LogP contribution < -0.4 is 14.8 Å². The summed E-state index contributed by atoms with van der Waals surface area (Å²) in [4.78, 5) is 16.9. The van der Waals surface area contributed by atoms with E-state index in [0.29, 0.717) is 12.2 Å². The van der Waals surface area contributed by atoms with Crippen LogP contribution in [0.4, 0.5) is 17.6 Å². The number of carbonyl (C=O) groups excluding carboxylic acids is 1. The quantitative estimate of drug-likeness (QED) is 0.263. The molecule has 0 spiro atoms. The molecular weight excluding hydrogens is 470 g/mol. The molecule has 1 amide bonds. The highest BCUT2D eigenvalue weighted by Crippen LogP contribution is 2.29. The van der Waals surface area contributed by atoms with E-state index in [4.69, 9.17) is 4.74 Å². The summed E-state index contributed by atoms with van der Waals surface area (Å²) in [6.07, 6.45) is -2.10. The Morgan fingerprint density at radius 2 is 1.85 bits per heavy atom. The van der Waals surface area contributed by atoms with Crippen molar-refractivity contribution in [2.24, 2.45) is 0 Å². The number of aromatic nitrogens is 1. The number of amides is 1. The SMILES string of the molecule is CCCC(NSc1ccc(F)cc1)C(=O)NCc1cccc(Oc2ccc(C(F)(F)F)nc2)c1. The number of benzene rings is 2. The lowest BCUT2D eigenvalue weighted by Crippen LogP contribution is -2.41. The van der Waals surface area contributed by atoms with Gasteiger partial charge < -0.3 is 10.1 Å². The van der Waals surface area contributed by atoms with Crippen molar-refractivity contribution >= 4 is 17.9 Å². The third kappa shape index (κ3) is 7.74. The highest BCUT2D eigenvalue weighted by Gasteiger charge is 2.32. The molecule has 0 aliphatic heterocycles. The van der Waals surface area contributed by atoms with Crippen LogP contribution in [-0.4, -0.2) is 16.9 Å². The maximum Gasteiger partial charge on any atom is 0.433 e. The van der Waals surface area contributed by atoms with Gasteiger partial charge in [0.15, 0.2) is 0 Å². The molecule has 34 heavy (non-hydrogen) atoms. The van der Waals surface area contributed by atoms with Crippen molar-refractivity contribution in [2.45, 2.75) is 43.4 Å². The first-order valence-electron chi connectivity index (χ1n) is 10.5. The molecule has 1 unspecified atom stereocenters. The molecule has 1 heterocycles. The molecule has 0 saturated heterocycles. The van der Waals surface area contributed by atoms with Crippen molar-refractivity contribution in [1.82, 2.24) is 15.0 Å². The third-order valence-electron chi connectivity index (χ3n) is 4.65. The fourth-order valence-corrected chi connectivity index (χ4v) is 3.73. The van der Waals surface area contributed by atoms with Crippen LogP contribution in [-0.2, 0) is 17.5 Å². The first-order chi connectivity index (χ1) is 16.2. The second-order valence-electron chi connectivity index (χ2n) is 7.36. The Morgan fingerprint density at radius 3 is 2.50 bits per heavy atom. The molecule has 0 bridgehead atoms. The molecule has 3 aromatic rings. The van der Waals surface area contributed by atoms with Gasteiger partial charge in [0.25, 0.3) is 0 Å². The number of hydrogen-bond donors (Lipinski definition) is 2. The van der Waals surface area contributed by atoms with E-state index in [9.17, 15) is 22.4 Å². The van der Waals surface area contributed by atoms with Crippen molar-refractivity contribution in [1.29, 1.82) is 0 Å². The van der Waals surface area contributed by atoms with Crippen LogP contribution in [0.25, 0.3) is 0 Å². The highest BCUT2D eigenvalue weighted by molar-refractivity contribution is 7.97. The summed E-state index contributed by atoms with van der Waals surface area (Å²) < 4.78 is 59.7. The van der Waals surface area contributed by atoms with Gasteiger partial charge in [0.1, 0.15) is 23.0 Å². The van der Waals surface area contributed by atoms with Gasteiger partial charge in [-0.1, -0.05) is 25.5 Å². The number of ether oxygens (including phenoxy) is 1. The molecule has 0 aliphatic carbocycles. The van der Waals surface area contributed by atoms with Crippen LogP contribution >= 0.6 is 11.9 Å². The Bertz CT molecular complexity index is 1080. The zero-order chi connectivity index (χ0) is 24.6. The van der Waals surface area contributed by atoms with Gasteiger partial charge in [-0.3, -0.25) is 4.79 Å². The van der Waals surface area contributed by atoms with Crippen LogP contribution in [0.3, 0.4) is 0 Å². The molecule has 180 valence electrons. The molecule has 1 aromatic heterocycles. The standard InChI is InChI=1S/C24H23F4N3O2S/c1-2-4-21(31-34-20-10-7-17(25)8-11-20)23(32)30-14-16-5-3-6-18(13-16)33-19-9-12-22(29-15-19)24(26,27)28/h3,5-13,15,21,31H,2,4,14H2,1H3,(H,30,32). The molecule has 1 atom stereocenters. The van der Waals surface area contributed by atoms with Crippen LogP contribution in [0.15, 0.2) is 71.8 Å². The second kappa shape index (κ2) is 11.8. The molecule has 0 aliphatic rings. The molecule has 0 saturated carbocycles. The lowest BCUT2D eigenvalue weighted by Gasteiger charge is -2.17. The van der Waals surface area contributed by atoms with E-state index >= 15 is 0 Å². The average Bonchev–Trinajstić information content (AvgIpc) is 2.81. The largest absolute Gasteiger partial charge is 0.456 e. The molecule has 5 nitrogen and oxygen atoms in total. The fourth-order valence-electron chi connectivity index (χ4n) is 2.95. The topological polar surface area (TPSA) is 63.2 Å². The lowest BCUT2D eigenvalue weighted by atomic mass is 10.1. The Balaban J connectivity index is 1.55. The Morgan fingerprint density at radius 1 is 1.09 bits per heavy atom. The Labute approximate surface area is 199 Å². The maximum atomic E-state index is 13.1. The zero-order valence-electron chi connectivity index (χ0n) is 18.2. The van der Waals surface area contributed by atoms with E-state index in [1.165, 1.54) is 30.1 Å². The number of nitrogens with zero attached hydrogens (tertiary/aromatic N) is 1. The number of pyridine rings is 1. The minimum Gasteiger partial charge on any atom is -0.456 e. The number of halogens is 4. The van der Waals surface area contributed by atoms with Crippen molar-refractivity contribution in [3.8, 4) is 11.5 Å². The average molecular weight is 494 g/mol. The van der Waals surface area contributed by atoms with Crippen molar-refractivity contribution in [2.75, 3.05) is 0 Å². The van der Waals surface area contributed by atoms with Gasteiger partial charge in [-0.15, -0.1) is 0 Å². The van der Waals surface area contributed by atoms with Crippen LogP contribution in [0.5, 0.6) is 11.5 Å². The minimum absolute atomic E-state index is 0.166. The zero-order valence-corrected chi connectivity index (χ0v) is 19.0. The molecule has 2 aromatic carbocycles. The first kappa shape index (κ1) is 25.5. The molecule has 10 heteroatoms. The van der Waals surface area contributed by atoms with Crippen LogP contribution in [0, 0.1) is 5.82 Å². The van der Waals surface area contributed by atoms with Crippen molar-refractivity contribution in [3.05, 3.63) is 83.9 Å². The predicted octanol–water partition coefficient (Wildman–Crippen LogP) is 6.11. The molecule has 3 rings (SSSR count). The van der Waals surface area contributed by atoms with Gasteiger partial charge in [0.05, 0.1) is 12.2 Å². The number of hydrogen-bond acceptors (Lipinski definition) is 5. The van der Waals surface area contributed by atoms with Crippen LogP contribution in [0.2, 0.25) is 0 Å². The van der Waals surface area contributed by atoms with E-state index < -0.39 is 17.9 Å². The summed E-state index contributed by atoms with van der Waals surface area (Å²) in [6.45, 7) is 2.21. The predicted molar refractivity (Wildman–Crippen MR) is 122 cm³/mol. The van der Waals surface area contributed by atoms with E-state index in [0.717, 1.165) is 29.1 Å². The number of carbonyl (C=O) groups is 1. The molecule has 0 fully saturated rings.